The van der Waals surface area contributed by atoms with Gasteiger partial charge < -0.3 is 10.1 Å². The number of nitrogens with zero attached hydrogens (tertiary/aromatic N) is 1. The Labute approximate surface area is 130 Å². The van der Waals surface area contributed by atoms with Gasteiger partial charge in [-0.2, -0.15) is 0 Å². The molecule has 0 aliphatic heterocycles. The molecule has 0 aliphatic rings. The summed E-state index contributed by atoms with van der Waals surface area (Å²) in [6.07, 6.45) is 0.201. The summed E-state index contributed by atoms with van der Waals surface area (Å²) in [5.74, 6) is -0.280. The van der Waals surface area contributed by atoms with Crippen LogP contribution in [0, 0.1) is 13.8 Å². The molecule has 1 aromatic carbocycles. The lowest BCUT2D eigenvalue weighted by Crippen LogP contribution is -2.04. The minimum absolute atomic E-state index is 0.201. The minimum Gasteiger partial charge on any atom is -0.469 e. The molecular weight excluding hydrogens is 340 g/mol. The summed E-state index contributed by atoms with van der Waals surface area (Å²) in [6, 6.07) is 4.11. The van der Waals surface area contributed by atoms with Gasteiger partial charge in [0, 0.05) is 15.5 Å². The van der Waals surface area contributed by atoms with E-state index in [2.05, 4.69) is 43.1 Å². The molecule has 106 valence electrons. The van der Waals surface area contributed by atoms with Crippen molar-refractivity contribution in [1.29, 1.82) is 0 Å². The molecule has 0 unspecified atom stereocenters. The zero-order valence-corrected chi connectivity index (χ0v) is 13.9. The molecule has 0 radical (unpaired) electrons. The summed E-state index contributed by atoms with van der Waals surface area (Å²) in [5, 5.41) is 5.95. The third-order valence-corrected chi connectivity index (χ3v) is 4.10. The van der Waals surface area contributed by atoms with Crippen molar-refractivity contribution < 1.29 is 9.53 Å². The van der Waals surface area contributed by atoms with Gasteiger partial charge in [-0.25, -0.2) is 4.98 Å². The molecule has 2 rings (SSSR count). The average molecular weight is 355 g/mol. The summed E-state index contributed by atoms with van der Waals surface area (Å²) >= 11 is 4.96. The Kier molecular flexibility index (Phi) is 4.77. The molecule has 0 fully saturated rings. The van der Waals surface area contributed by atoms with E-state index in [1.54, 1.807) is 0 Å². The Balaban J connectivity index is 2.17. The van der Waals surface area contributed by atoms with Crippen molar-refractivity contribution in [3.8, 4) is 0 Å². The van der Waals surface area contributed by atoms with Gasteiger partial charge in [0.15, 0.2) is 5.13 Å². The standard InChI is InChI=1S/C14H15BrN2O2S/c1-8-4-10(15)5-9(2)13(8)17-14-16-11(7-20-14)6-12(18)19-3/h4-5,7H,6H2,1-3H3,(H,16,17). The average Bonchev–Trinajstić information content (AvgIpc) is 2.81. The van der Waals surface area contributed by atoms with E-state index in [9.17, 15) is 4.79 Å². The zero-order chi connectivity index (χ0) is 14.7. The molecule has 0 bridgehead atoms. The first-order valence-electron chi connectivity index (χ1n) is 6.04. The number of rotatable bonds is 4. The molecule has 0 atom stereocenters. The van der Waals surface area contributed by atoms with Crippen molar-refractivity contribution >= 4 is 44.1 Å². The van der Waals surface area contributed by atoms with Crippen LogP contribution in [0.2, 0.25) is 0 Å². The fraction of sp³-hybridized carbons (Fsp3) is 0.286. The predicted molar refractivity (Wildman–Crippen MR) is 84.7 cm³/mol. The number of carbonyl (C=O) groups excluding carboxylic acids is 1. The Morgan fingerprint density at radius 2 is 2.05 bits per heavy atom. The van der Waals surface area contributed by atoms with Gasteiger partial charge in [-0.05, 0) is 37.1 Å². The first kappa shape index (κ1) is 15.0. The molecule has 1 aromatic heterocycles. The number of benzene rings is 1. The second-order valence-corrected chi connectivity index (χ2v) is 6.21. The Hall–Kier alpha value is -1.40. The maximum absolute atomic E-state index is 11.2. The first-order chi connectivity index (χ1) is 9.49. The van der Waals surface area contributed by atoms with Crippen LogP contribution in [0.25, 0.3) is 0 Å². The largest absolute Gasteiger partial charge is 0.469 e. The second kappa shape index (κ2) is 6.37. The van der Waals surface area contributed by atoms with Crippen molar-refractivity contribution in [2.24, 2.45) is 0 Å². The van der Waals surface area contributed by atoms with Gasteiger partial charge >= 0.3 is 5.97 Å². The number of hydrogen-bond donors (Lipinski definition) is 1. The topological polar surface area (TPSA) is 51.2 Å². The highest BCUT2D eigenvalue weighted by atomic mass is 79.9. The van der Waals surface area contributed by atoms with Crippen LogP contribution < -0.4 is 5.32 Å². The molecular formula is C14H15BrN2O2S. The van der Waals surface area contributed by atoms with Crippen LogP contribution in [0.5, 0.6) is 0 Å². The van der Waals surface area contributed by atoms with E-state index in [1.165, 1.54) is 18.4 Å². The molecule has 0 amide bonds. The summed E-state index contributed by atoms with van der Waals surface area (Å²) in [5.41, 5.74) is 4.05. The lowest BCUT2D eigenvalue weighted by Gasteiger charge is -2.11. The van der Waals surface area contributed by atoms with Gasteiger partial charge in [-0.1, -0.05) is 15.9 Å². The number of carbonyl (C=O) groups is 1. The zero-order valence-electron chi connectivity index (χ0n) is 11.5. The number of aryl methyl sites for hydroxylation is 2. The fourth-order valence-corrected chi connectivity index (χ4v) is 3.28. The van der Waals surface area contributed by atoms with Gasteiger partial charge in [0.1, 0.15) is 0 Å². The molecule has 2 aromatic rings. The number of hydrogen-bond acceptors (Lipinski definition) is 5. The van der Waals surface area contributed by atoms with Crippen LogP contribution in [-0.2, 0) is 16.0 Å². The highest BCUT2D eigenvalue weighted by Crippen LogP contribution is 2.29. The van der Waals surface area contributed by atoms with Gasteiger partial charge in [0.05, 0.1) is 19.2 Å². The molecule has 0 saturated carbocycles. The van der Waals surface area contributed by atoms with Crippen LogP contribution in [0.3, 0.4) is 0 Å². The van der Waals surface area contributed by atoms with E-state index in [0.29, 0.717) is 0 Å². The molecule has 20 heavy (non-hydrogen) atoms. The highest BCUT2D eigenvalue weighted by molar-refractivity contribution is 9.10. The number of halogens is 1. The molecule has 4 nitrogen and oxygen atoms in total. The monoisotopic (exact) mass is 354 g/mol. The normalized spacial score (nSPS) is 10.4. The SMILES string of the molecule is COC(=O)Cc1csc(Nc2c(C)cc(Br)cc2C)n1. The molecule has 1 heterocycles. The van der Waals surface area contributed by atoms with Crippen molar-refractivity contribution in [1.82, 2.24) is 4.98 Å². The lowest BCUT2D eigenvalue weighted by atomic mass is 10.1. The van der Waals surface area contributed by atoms with E-state index < -0.39 is 0 Å². The third-order valence-electron chi connectivity index (χ3n) is 2.83. The summed E-state index contributed by atoms with van der Waals surface area (Å²) in [7, 11) is 1.38. The van der Waals surface area contributed by atoms with E-state index in [1.807, 2.05) is 19.2 Å². The lowest BCUT2D eigenvalue weighted by molar-refractivity contribution is -0.139. The van der Waals surface area contributed by atoms with Crippen molar-refractivity contribution in [2.45, 2.75) is 20.3 Å². The van der Waals surface area contributed by atoms with Gasteiger partial charge in [0.2, 0.25) is 0 Å². The number of ether oxygens (including phenoxy) is 1. The number of thiazole rings is 1. The van der Waals surface area contributed by atoms with Crippen LogP contribution in [0.4, 0.5) is 10.8 Å². The predicted octanol–water partition coefficient (Wildman–Crippen LogP) is 3.98. The minimum atomic E-state index is -0.280. The number of esters is 1. The van der Waals surface area contributed by atoms with Crippen molar-refractivity contribution in [2.75, 3.05) is 12.4 Å². The van der Waals surface area contributed by atoms with Crippen LogP contribution >= 0.6 is 27.3 Å². The number of nitrogens with one attached hydrogen (secondary N) is 1. The molecule has 0 saturated heterocycles. The van der Waals surface area contributed by atoms with Gasteiger partial charge in [0.25, 0.3) is 0 Å². The van der Waals surface area contributed by atoms with E-state index in [-0.39, 0.29) is 12.4 Å². The summed E-state index contributed by atoms with van der Waals surface area (Å²) < 4.78 is 5.69. The fourth-order valence-electron chi connectivity index (χ4n) is 1.88. The summed E-state index contributed by atoms with van der Waals surface area (Å²) in [6.45, 7) is 4.09. The number of anilines is 2. The van der Waals surface area contributed by atoms with Crippen LogP contribution in [0.15, 0.2) is 22.0 Å². The third kappa shape index (κ3) is 3.58. The second-order valence-electron chi connectivity index (χ2n) is 4.44. The Morgan fingerprint density at radius 3 is 2.65 bits per heavy atom. The number of methoxy groups -OCH3 is 1. The Morgan fingerprint density at radius 1 is 1.40 bits per heavy atom. The van der Waals surface area contributed by atoms with E-state index >= 15 is 0 Å². The number of aromatic nitrogens is 1. The Bertz CT molecular complexity index is 617. The highest BCUT2D eigenvalue weighted by Gasteiger charge is 2.10. The van der Waals surface area contributed by atoms with Crippen molar-refractivity contribution in [3.63, 3.8) is 0 Å². The maximum Gasteiger partial charge on any atom is 0.311 e. The van der Waals surface area contributed by atoms with Crippen LogP contribution in [-0.4, -0.2) is 18.1 Å². The van der Waals surface area contributed by atoms with E-state index in [4.69, 9.17) is 0 Å². The van der Waals surface area contributed by atoms with Crippen LogP contribution in [0.1, 0.15) is 16.8 Å². The quantitative estimate of drug-likeness (QED) is 0.843. The molecule has 0 aliphatic carbocycles. The summed E-state index contributed by atoms with van der Waals surface area (Å²) in [4.78, 5) is 15.6. The van der Waals surface area contributed by atoms with E-state index in [0.717, 1.165) is 32.1 Å². The molecule has 0 spiro atoms. The van der Waals surface area contributed by atoms with Crippen molar-refractivity contribution in [3.05, 3.63) is 38.8 Å². The maximum atomic E-state index is 11.2. The van der Waals surface area contributed by atoms with Gasteiger partial charge in [-0.15, -0.1) is 11.3 Å². The van der Waals surface area contributed by atoms with Gasteiger partial charge in [-0.3, -0.25) is 4.79 Å². The molecule has 1 N–H and O–H groups in total. The smallest absolute Gasteiger partial charge is 0.311 e. The molecule has 6 heteroatoms. The first-order valence-corrected chi connectivity index (χ1v) is 7.72.